The van der Waals surface area contributed by atoms with E-state index in [0.717, 1.165) is 41.9 Å². The molecule has 1 saturated heterocycles. The van der Waals surface area contributed by atoms with Gasteiger partial charge in [0.2, 0.25) is 5.91 Å². The minimum atomic E-state index is -0.685. The summed E-state index contributed by atoms with van der Waals surface area (Å²) in [4.78, 5) is 42.4. The molecule has 1 aromatic carbocycles. The lowest BCUT2D eigenvalue weighted by Gasteiger charge is -2.31. The number of anilines is 2. The number of amides is 2. The monoisotopic (exact) mass is 413 g/mol. The molecule has 0 radical (unpaired) electrons. The van der Waals surface area contributed by atoms with Crippen LogP contribution in [0.1, 0.15) is 42.0 Å². The Hall–Kier alpha value is -3.61. The maximum atomic E-state index is 13.4. The molecule has 4 heterocycles. The van der Waals surface area contributed by atoms with Crippen molar-refractivity contribution < 1.29 is 9.59 Å². The van der Waals surface area contributed by atoms with E-state index in [1.165, 1.54) is 0 Å². The van der Waals surface area contributed by atoms with E-state index in [1.807, 2.05) is 39.0 Å². The third-order valence-electron chi connectivity index (χ3n) is 6.14. The van der Waals surface area contributed by atoms with E-state index in [1.54, 1.807) is 40.7 Å². The van der Waals surface area contributed by atoms with Crippen molar-refractivity contribution in [3.63, 3.8) is 0 Å². The zero-order chi connectivity index (χ0) is 21.8. The number of rotatable bonds is 3. The maximum absolute atomic E-state index is 13.4. The molecule has 2 aliphatic heterocycles. The van der Waals surface area contributed by atoms with Crippen LogP contribution < -0.4 is 4.90 Å². The summed E-state index contributed by atoms with van der Waals surface area (Å²) in [6.45, 7) is 7.22. The molecule has 0 atom stereocenters. The van der Waals surface area contributed by atoms with E-state index in [4.69, 9.17) is 0 Å². The molecule has 5 rings (SSSR count). The zero-order valence-corrected chi connectivity index (χ0v) is 17.8. The van der Waals surface area contributed by atoms with E-state index in [2.05, 4.69) is 15.0 Å². The van der Waals surface area contributed by atoms with Crippen molar-refractivity contribution in [2.45, 2.75) is 32.6 Å². The lowest BCUT2D eigenvalue weighted by atomic mass is 9.85. The van der Waals surface area contributed by atoms with Gasteiger partial charge in [-0.1, -0.05) is 12.1 Å². The van der Waals surface area contributed by atoms with Crippen molar-refractivity contribution in [1.82, 2.24) is 19.9 Å². The second kappa shape index (κ2) is 6.97. The van der Waals surface area contributed by atoms with Crippen molar-refractivity contribution in [3.05, 3.63) is 66.0 Å². The average Bonchev–Trinajstić information content (AvgIpc) is 2.92. The number of benzene rings is 1. The molecule has 2 aromatic heterocycles. The van der Waals surface area contributed by atoms with Gasteiger partial charge in [-0.3, -0.25) is 19.5 Å². The molecule has 0 saturated carbocycles. The number of hydrogen-bond donors (Lipinski definition) is 0. The van der Waals surface area contributed by atoms with Gasteiger partial charge in [-0.2, -0.15) is 0 Å². The van der Waals surface area contributed by atoms with Crippen LogP contribution in [0.25, 0.3) is 11.1 Å². The second-order valence-electron chi connectivity index (χ2n) is 8.59. The molecule has 3 aromatic rings. The van der Waals surface area contributed by atoms with Crippen LogP contribution in [0.15, 0.2) is 49.1 Å². The fourth-order valence-electron chi connectivity index (χ4n) is 4.10. The average molecular weight is 413 g/mol. The fourth-order valence-corrected chi connectivity index (χ4v) is 4.10. The van der Waals surface area contributed by atoms with Crippen LogP contribution in [0.2, 0.25) is 0 Å². The highest BCUT2D eigenvalue weighted by Gasteiger charge is 2.45. The Kier molecular flexibility index (Phi) is 4.36. The van der Waals surface area contributed by atoms with Gasteiger partial charge in [-0.25, -0.2) is 9.97 Å². The Morgan fingerprint density at radius 3 is 2.42 bits per heavy atom. The molecule has 7 nitrogen and oxygen atoms in total. The number of carbonyl (C=O) groups is 2. The van der Waals surface area contributed by atoms with E-state index in [-0.39, 0.29) is 11.8 Å². The number of aryl methyl sites for hydroxylation is 1. The van der Waals surface area contributed by atoms with E-state index < -0.39 is 5.41 Å². The third-order valence-corrected chi connectivity index (χ3v) is 6.14. The molecule has 31 heavy (non-hydrogen) atoms. The van der Waals surface area contributed by atoms with Crippen molar-refractivity contribution in [2.24, 2.45) is 0 Å². The Morgan fingerprint density at radius 2 is 1.74 bits per heavy atom. The molecular formula is C24H23N5O2. The standard InChI is InChI=1S/C24H23N5O2/c1-15-26-12-18(13-27-15)16-5-6-20-21(10-16)29(23(31)24(20,2)3)19-9-17(11-25-14-19)22(30)28-7-4-8-28/h5-6,9-14H,4,7-8H2,1-3H3. The van der Waals surface area contributed by atoms with E-state index in [0.29, 0.717) is 17.1 Å². The summed E-state index contributed by atoms with van der Waals surface area (Å²) in [6, 6.07) is 7.73. The summed E-state index contributed by atoms with van der Waals surface area (Å²) < 4.78 is 0. The summed E-state index contributed by atoms with van der Waals surface area (Å²) in [5.74, 6) is 0.616. The van der Waals surface area contributed by atoms with Gasteiger partial charge < -0.3 is 4.90 Å². The van der Waals surface area contributed by atoms with Crippen LogP contribution in [-0.2, 0) is 10.2 Å². The molecule has 0 N–H and O–H groups in total. The van der Waals surface area contributed by atoms with Gasteiger partial charge in [0.15, 0.2) is 0 Å². The first kappa shape index (κ1) is 19.4. The second-order valence-corrected chi connectivity index (χ2v) is 8.59. The lowest BCUT2D eigenvalue weighted by Crippen LogP contribution is -2.42. The molecule has 0 aliphatic carbocycles. The molecule has 1 fully saturated rings. The quantitative estimate of drug-likeness (QED) is 0.655. The fraction of sp³-hybridized carbons (Fsp3) is 0.292. The summed E-state index contributed by atoms with van der Waals surface area (Å²) in [7, 11) is 0. The topological polar surface area (TPSA) is 79.3 Å². The van der Waals surface area contributed by atoms with Crippen molar-refractivity contribution >= 4 is 23.2 Å². The number of hydrogen-bond acceptors (Lipinski definition) is 5. The highest BCUT2D eigenvalue weighted by molar-refractivity contribution is 6.13. The van der Waals surface area contributed by atoms with Crippen LogP contribution in [-0.4, -0.2) is 44.8 Å². The van der Waals surface area contributed by atoms with Gasteiger partial charge in [0.25, 0.3) is 5.91 Å². The van der Waals surface area contributed by atoms with Gasteiger partial charge in [-0.05, 0) is 50.5 Å². The zero-order valence-electron chi connectivity index (χ0n) is 17.8. The minimum absolute atomic E-state index is 0.0442. The Bertz CT molecular complexity index is 1200. The Labute approximate surface area is 180 Å². The molecule has 2 aliphatic rings. The summed E-state index contributed by atoms with van der Waals surface area (Å²) in [6.07, 6.45) is 7.79. The number of aromatic nitrogens is 3. The first-order valence-electron chi connectivity index (χ1n) is 10.4. The summed E-state index contributed by atoms with van der Waals surface area (Å²) in [5.41, 5.74) is 3.95. The van der Waals surface area contributed by atoms with Crippen LogP contribution in [0.5, 0.6) is 0 Å². The van der Waals surface area contributed by atoms with Crippen LogP contribution >= 0.6 is 0 Å². The van der Waals surface area contributed by atoms with Crippen molar-refractivity contribution in [2.75, 3.05) is 18.0 Å². The minimum Gasteiger partial charge on any atom is -0.338 e. The van der Waals surface area contributed by atoms with Crippen LogP contribution in [0.3, 0.4) is 0 Å². The Morgan fingerprint density at radius 1 is 1.00 bits per heavy atom. The van der Waals surface area contributed by atoms with Crippen molar-refractivity contribution in [1.29, 1.82) is 0 Å². The molecule has 7 heteroatoms. The van der Waals surface area contributed by atoms with Crippen LogP contribution in [0.4, 0.5) is 11.4 Å². The third kappa shape index (κ3) is 3.08. The number of pyridine rings is 1. The summed E-state index contributed by atoms with van der Waals surface area (Å²) >= 11 is 0. The predicted octanol–water partition coefficient (Wildman–Crippen LogP) is 3.65. The molecular weight excluding hydrogens is 390 g/mol. The highest BCUT2D eigenvalue weighted by atomic mass is 16.2. The van der Waals surface area contributed by atoms with Gasteiger partial charge in [0.1, 0.15) is 5.82 Å². The largest absolute Gasteiger partial charge is 0.338 e. The molecule has 0 unspecified atom stereocenters. The maximum Gasteiger partial charge on any atom is 0.255 e. The first-order chi connectivity index (χ1) is 14.9. The Balaban J connectivity index is 1.59. The molecule has 156 valence electrons. The normalized spacial score (nSPS) is 16.8. The van der Waals surface area contributed by atoms with Crippen molar-refractivity contribution in [3.8, 4) is 11.1 Å². The predicted molar refractivity (Wildman–Crippen MR) is 117 cm³/mol. The molecule has 2 amide bonds. The lowest BCUT2D eigenvalue weighted by molar-refractivity contribution is -0.121. The number of fused-ring (bicyclic) bond motifs is 1. The number of nitrogens with zero attached hydrogens (tertiary/aromatic N) is 5. The van der Waals surface area contributed by atoms with Gasteiger partial charge in [0.05, 0.1) is 28.6 Å². The number of carbonyl (C=O) groups excluding carboxylic acids is 2. The van der Waals surface area contributed by atoms with Gasteiger partial charge in [0, 0.05) is 37.2 Å². The van der Waals surface area contributed by atoms with Gasteiger partial charge in [-0.15, -0.1) is 0 Å². The summed E-state index contributed by atoms with van der Waals surface area (Å²) in [5, 5.41) is 0. The van der Waals surface area contributed by atoms with Crippen LogP contribution in [0, 0.1) is 6.92 Å². The van der Waals surface area contributed by atoms with Gasteiger partial charge >= 0.3 is 0 Å². The van der Waals surface area contributed by atoms with E-state index in [9.17, 15) is 9.59 Å². The first-order valence-corrected chi connectivity index (χ1v) is 10.4. The molecule has 0 bridgehead atoms. The van der Waals surface area contributed by atoms with E-state index >= 15 is 0 Å². The SMILES string of the molecule is Cc1ncc(-c2ccc3c(c2)N(c2cncc(C(=O)N4CCC4)c2)C(=O)C3(C)C)cn1. The molecule has 0 spiro atoms. The highest BCUT2D eigenvalue weighted by Crippen LogP contribution is 2.46. The smallest absolute Gasteiger partial charge is 0.255 e. The number of likely N-dealkylation sites (tertiary alicyclic amines) is 1.